The molecule has 0 amide bonds. The maximum absolute atomic E-state index is 12.9. The van der Waals surface area contributed by atoms with Crippen LogP contribution in [0.1, 0.15) is 52.9 Å². The van der Waals surface area contributed by atoms with Gasteiger partial charge in [0.05, 0.1) is 10.7 Å². The fraction of sp³-hybridized carbons (Fsp3) is 0.375. The highest BCUT2D eigenvalue weighted by Crippen LogP contribution is 2.40. The molecule has 1 fully saturated rings. The minimum atomic E-state index is -0.333. The molecule has 1 saturated carbocycles. The Bertz CT molecular complexity index is 816. The number of nitrogens with zero attached hydrogens (tertiary/aromatic N) is 1. The third-order valence-electron chi connectivity index (χ3n) is 4.07. The maximum Gasteiger partial charge on any atom is 0.277 e. The van der Waals surface area contributed by atoms with Gasteiger partial charge in [-0.05, 0) is 37.0 Å². The smallest absolute Gasteiger partial charge is 0.277 e. The van der Waals surface area contributed by atoms with Crippen LogP contribution in [0.2, 0.25) is 10.0 Å². The lowest BCUT2D eigenvalue weighted by atomic mass is 9.99. The van der Waals surface area contributed by atoms with E-state index in [4.69, 9.17) is 23.2 Å². The summed E-state index contributed by atoms with van der Waals surface area (Å²) < 4.78 is 1.35. The first-order chi connectivity index (χ1) is 10.5. The number of aromatic amines is 1. The van der Waals surface area contributed by atoms with Crippen molar-refractivity contribution in [1.82, 2.24) is 9.78 Å². The Labute approximate surface area is 138 Å². The van der Waals surface area contributed by atoms with Crippen molar-refractivity contribution in [3.05, 3.63) is 54.9 Å². The molecule has 1 heterocycles. The molecule has 1 N–H and O–H groups in total. The van der Waals surface area contributed by atoms with Gasteiger partial charge in [-0.3, -0.25) is 19.4 Å². The van der Waals surface area contributed by atoms with E-state index in [2.05, 4.69) is 5.10 Å². The number of hydrogen-bond acceptors (Lipinski definition) is 2. The first kappa shape index (κ1) is 15.4. The predicted molar refractivity (Wildman–Crippen MR) is 87.3 cm³/mol. The molecule has 0 bridgehead atoms. The molecule has 2 aromatic rings. The number of hydrogen-bond donors (Lipinski definition) is 1. The summed E-state index contributed by atoms with van der Waals surface area (Å²) in [6, 6.07) is 3.25. The second kappa shape index (κ2) is 5.60. The fourth-order valence-corrected chi connectivity index (χ4v) is 3.41. The zero-order chi connectivity index (χ0) is 16.0. The van der Waals surface area contributed by atoms with Gasteiger partial charge in [0.2, 0.25) is 5.78 Å². The monoisotopic (exact) mass is 338 g/mol. The van der Waals surface area contributed by atoms with Crippen LogP contribution >= 0.6 is 23.2 Å². The zero-order valence-electron chi connectivity index (χ0n) is 12.4. The Morgan fingerprint density at radius 1 is 1.36 bits per heavy atom. The van der Waals surface area contributed by atoms with Gasteiger partial charge in [0.15, 0.2) is 0 Å². The van der Waals surface area contributed by atoms with E-state index >= 15 is 0 Å². The number of nitrogens with one attached hydrogen (secondary N) is 1. The molecular weight excluding hydrogens is 323 g/mol. The average Bonchev–Trinajstić information content (AvgIpc) is 3.27. The Morgan fingerprint density at radius 2 is 2.05 bits per heavy atom. The first-order valence-corrected chi connectivity index (χ1v) is 8.01. The predicted octanol–water partition coefficient (Wildman–Crippen LogP) is 3.69. The summed E-state index contributed by atoms with van der Waals surface area (Å²) in [5.74, 6) is -0.0651. The van der Waals surface area contributed by atoms with Crippen LogP contribution in [0.25, 0.3) is 0 Å². The second-order valence-electron chi connectivity index (χ2n) is 5.61. The number of rotatable bonds is 4. The molecule has 1 aliphatic rings. The highest BCUT2D eigenvalue weighted by atomic mass is 35.5. The number of H-pyrrole nitrogens is 1. The molecule has 22 heavy (non-hydrogen) atoms. The number of aryl methyl sites for hydroxylation is 1. The van der Waals surface area contributed by atoms with Gasteiger partial charge in [0.25, 0.3) is 5.56 Å². The summed E-state index contributed by atoms with van der Waals surface area (Å²) in [5.41, 5.74) is 1.69. The van der Waals surface area contributed by atoms with E-state index in [-0.39, 0.29) is 22.8 Å². The van der Waals surface area contributed by atoms with E-state index in [9.17, 15) is 9.59 Å². The normalized spacial score (nSPS) is 14.4. The topological polar surface area (TPSA) is 54.9 Å². The van der Waals surface area contributed by atoms with Crippen LogP contribution in [0.3, 0.4) is 0 Å². The minimum absolute atomic E-state index is 0.205. The quantitative estimate of drug-likeness (QED) is 0.864. The molecule has 0 atom stereocenters. The standard InChI is InChI=1S/C16H16Cl2N2O2/c1-3-9-11(17)7-6-10(13(9)18)15(21)12-14(8-4-5-8)19-20(2)16(12)22/h6-8,19H,3-5H2,1-2H3. The van der Waals surface area contributed by atoms with Crippen molar-refractivity contribution in [2.75, 3.05) is 0 Å². The lowest BCUT2D eigenvalue weighted by molar-refractivity contribution is 0.103. The lowest BCUT2D eigenvalue weighted by Gasteiger charge is -2.09. The molecule has 0 spiro atoms. The first-order valence-electron chi connectivity index (χ1n) is 7.26. The summed E-state index contributed by atoms with van der Waals surface area (Å²) in [4.78, 5) is 25.2. The van der Waals surface area contributed by atoms with Crippen molar-refractivity contribution in [1.29, 1.82) is 0 Å². The van der Waals surface area contributed by atoms with Gasteiger partial charge in [-0.15, -0.1) is 0 Å². The number of aromatic nitrogens is 2. The van der Waals surface area contributed by atoms with Crippen molar-refractivity contribution in [3.63, 3.8) is 0 Å². The molecule has 4 nitrogen and oxygen atoms in total. The summed E-state index contributed by atoms with van der Waals surface area (Å²) in [6.45, 7) is 1.92. The van der Waals surface area contributed by atoms with Gasteiger partial charge in [0.1, 0.15) is 5.56 Å². The van der Waals surface area contributed by atoms with Gasteiger partial charge in [-0.1, -0.05) is 30.1 Å². The molecule has 1 aromatic heterocycles. The van der Waals surface area contributed by atoms with Crippen molar-refractivity contribution in [2.24, 2.45) is 7.05 Å². The van der Waals surface area contributed by atoms with Gasteiger partial charge >= 0.3 is 0 Å². The fourth-order valence-electron chi connectivity index (χ4n) is 2.69. The Kier molecular flexibility index (Phi) is 3.91. The van der Waals surface area contributed by atoms with Gasteiger partial charge in [0, 0.05) is 23.6 Å². The molecule has 1 aliphatic carbocycles. The minimum Gasteiger partial charge on any atom is -0.299 e. The van der Waals surface area contributed by atoms with Crippen LogP contribution in [-0.2, 0) is 13.5 Å². The van der Waals surface area contributed by atoms with E-state index in [0.29, 0.717) is 22.0 Å². The summed E-state index contributed by atoms with van der Waals surface area (Å²) >= 11 is 12.5. The molecule has 0 saturated heterocycles. The molecular formula is C16H16Cl2N2O2. The summed E-state index contributed by atoms with van der Waals surface area (Å²) in [7, 11) is 1.62. The number of carbonyl (C=O) groups excluding carboxylic acids is 1. The van der Waals surface area contributed by atoms with Crippen LogP contribution in [-0.4, -0.2) is 15.6 Å². The third-order valence-corrected chi connectivity index (χ3v) is 4.86. The number of benzene rings is 1. The van der Waals surface area contributed by atoms with Crippen molar-refractivity contribution in [3.8, 4) is 0 Å². The molecule has 1 aromatic carbocycles. The van der Waals surface area contributed by atoms with Crippen LogP contribution < -0.4 is 5.56 Å². The van der Waals surface area contributed by atoms with Gasteiger partial charge < -0.3 is 0 Å². The SMILES string of the molecule is CCc1c(Cl)ccc(C(=O)c2c(C3CC3)[nH]n(C)c2=O)c1Cl. The largest absolute Gasteiger partial charge is 0.299 e. The van der Waals surface area contributed by atoms with Crippen LogP contribution in [0.15, 0.2) is 16.9 Å². The second-order valence-corrected chi connectivity index (χ2v) is 6.39. The molecule has 116 valence electrons. The Morgan fingerprint density at radius 3 is 2.64 bits per heavy atom. The zero-order valence-corrected chi connectivity index (χ0v) is 13.9. The van der Waals surface area contributed by atoms with E-state index in [1.165, 1.54) is 4.68 Å². The number of ketones is 1. The molecule has 6 heteroatoms. The van der Waals surface area contributed by atoms with Crippen molar-refractivity contribution in [2.45, 2.75) is 32.1 Å². The molecule has 0 radical (unpaired) electrons. The van der Waals surface area contributed by atoms with E-state index < -0.39 is 0 Å². The van der Waals surface area contributed by atoms with Crippen LogP contribution in [0.5, 0.6) is 0 Å². The van der Waals surface area contributed by atoms with Gasteiger partial charge in [-0.2, -0.15) is 0 Å². The van der Waals surface area contributed by atoms with E-state index in [1.807, 2.05) is 6.92 Å². The number of carbonyl (C=O) groups is 1. The molecule has 0 unspecified atom stereocenters. The maximum atomic E-state index is 12.9. The Hall–Kier alpha value is -1.52. The van der Waals surface area contributed by atoms with E-state index in [1.54, 1.807) is 19.2 Å². The van der Waals surface area contributed by atoms with Crippen LogP contribution in [0.4, 0.5) is 0 Å². The highest BCUT2D eigenvalue weighted by Gasteiger charge is 2.33. The molecule has 0 aliphatic heterocycles. The van der Waals surface area contributed by atoms with Crippen LogP contribution in [0, 0.1) is 0 Å². The molecule has 3 rings (SSSR count). The summed E-state index contributed by atoms with van der Waals surface area (Å²) in [5, 5.41) is 3.87. The number of halogens is 2. The highest BCUT2D eigenvalue weighted by molar-refractivity contribution is 6.38. The van der Waals surface area contributed by atoms with Gasteiger partial charge in [-0.25, -0.2) is 0 Å². The Balaban J connectivity index is 2.15. The lowest BCUT2D eigenvalue weighted by Crippen LogP contribution is -2.20. The summed E-state index contributed by atoms with van der Waals surface area (Å²) in [6.07, 6.45) is 2.61. The van der Waals surface area contributed by atoms with E-state index in [0.717, 1.165) is 24.1 Å². The average molecular weight is 339 g/mol. The van der Waals surface area contributed by atoms with Crippen molar-refractivity contribution < 1.29 is 4.79 Å². The third kappa shape index (κ3) is 2.40. The van der Waals surface area contributed by atoms with Crippen molar-refractivity contribution >= 4 is 29.0 Å².